The van der Waals surface area contributed by atoms with Crippen molar-refractivity contribution in [3.63, 3.8) is 0 Å². The molecule has 0 radical (unpaired) electrons. The molecule has 0 fully saturated rings. The van der Waals surface area contributed by atoms with Gasteiger partial charge in [0.25, 0.3) is 0 Å². The van der Waals surface area contributed by atoms with Gasteiger partial charge in [-0.3, -0.25) is 14.4 Å². The predicted molar refractivity (Wildman–Crippen MR) is 107 cm³/mol. The summed E-state index contributed by atoms with van der Waals surface area (Å²) in [4.78, 5) is 36.4. The summed E-state index contributed by atoms with van der Waals surface area (Å²) in [5.41, 5.74) is 9.07. The number of primary amides is 1. The number of carbonyl (C=O) groups is 3. The summed E-state index contributed by atoms with van der Waals surface area (Å²) in [7, 11) is 0. The summed E-state index contributed by atoms with van der Waals surface area (Å²) in [5.74, 6) is -0.516. The van der Waals surface area contributed by atoms with Gasteiger partial charge >= 0.3 is 0 Å². The van der Waals surface area contributed by atoms with Crippen LogP contribution in [0.2, 0.25) is 0 Å². The van der Waals surface area contributed by atoms with Gasteiger partial charge < -0.3 is 11.1 Å². The lowest BCUT2D eigenvalue weighted by atomic mass is 10.0. The number of nitrogens with one attached hydrogen (secondary N) is 1. The van der Waals surface area contributed by atoms with E-state index in [4.69, 9.17) is 5.73 Å². The number of benzene rings is 2. The Kier molecular flexibility index (Phi) is 6.29. The highest BCUT2D eigenvalue weighted by Gasteiger charge is 2.15. The molecule has 3 N–H and O–H groups in total. The number of aryl methyl sites for hydroxylation is 2. The first-order valence-electron chi connectivity index (χ1n) is 8.98. The van der Waals surface area contributed by atoms with E-state index in [0.717, 1.165) is 24.2 Å². The smallest absolute Gasteiger partial charge is 0.227 e. The van der Waals surface area contributed by atoms with E-state index in [1.54, 1.807) is 12.1 Å². The summed E-state index contributed by atoms with van der Waals surface area (Å²) in [5, 5.41) is 2.82. The topological polar surface area (TPSA) is 89.3 Å². The second-order valence-electron chi connectivity index (χ2n) is 6.56. The van der Waals surface area contributed by atoms with Gasteiger partial charge in [0.05, 0.1) is 11.4 Å². The lowest BCUT2D eigenvalue weighted by Gasteiger charge is -2.10. The molecule has 6 heteroatoms. The highest BCUT2D eigenvalue weighted by molar-refractivity contribution is 8.00. The van der Waals surface area contributed by atoms with E-state index in [2.05, 4.69) is 5.32 Å². The summed E-state index contributed by atoms with van der Waals surface area (Å²) in [6, 6.07) is 13.1. The maximum absolute atomic E-state index is 12.4. The van der Waals surface area contributed by atoms with E-state index in [1.807, 2.05) is 30.3 Å². The fourth-order valence-electron chi connectivity index (χ4n) is 3.17. The van der Waals surface area contributed by atoms with E-state index < -0.39 is 5.91 Å². The van der Waals surface area contributed by atoms with Gasteiger partial charge in [0.2, 0.25) is 11.8 Å². The third kappa shape index (κ3) is 5.20. The molecule has 2 aromatic carbocycles. The highest BCUT2D eigenvalue weighted by atomic mass is 32.2. The molecule has 0 spiro atoms. The number of anilines is 1. The minimum atomic E-state index is -0.416. The van der Waals surface area contributed by atoms with E-state index in [-0.39, 0.29) is 30.3 Å². The first-order valence-corrected chi connectivity index (χ1v) is 9.96. The van der Waals surface area contributed by atoms with Crippen molar-refractivity contribution in [3.05, 3.63) is 59.2 Å². The molecule has 27 heavy (non-hydrogen) atoms. The van der Waals surface area contributed by atoms with Gasteiger partial charge in [-0.25, -0.2) is 0 Å². The molecule has 0 aromatic heterocycles. The Morgan fingerprint density at radius 3 is 2.59 bits per heavy atom. The van der Waals surface area contributed by atoms with Crippen LogP contribution in [0.5, 0.6) is 0 Å². The van der Waals surface area contributed by atoms with Crippen LogP contribution in [0.25, 0.3) is 0 Å². The van der Waals surface area contributed by atoms with Crippen molar-refractivity contribution in [1.82, 2.24) is 0 Å². The lowest BCUT2D eigenvalue weighted by molar-refractivity contribution is -0.116. The van der Waals surface area contributed by atoms with Crippen molar-refractivity contribution < 1.29 is 14.4 Å². The quantitative estimate of drug-likeness (QED) is 0.541. The lowest BCUT2D eigenvalue weighted by Crippen LogP contribution is -2.15. The van der Waals surface area contributed by atoms with Crippen LogP contribution in [-0.2, 0) is 22.4 Å². The highest BCUT2D eigenvalue weighted by Crippen LogP contribution is 2.27. The van der Waals surface area contributed by atoms with Crippen LogP contribution in [0.1, 0.15) is 40.7 Å². The number of rotatable bonds is 8. The Hall–Kier alpha value is -2.60. The number of carbonyl (C=O) groups excluding carboxylic acids is 3. The predicted octanol–water partition coefficient (Wildman–Crippen LogP) is 3.35. The number of nitrogens with two attached hydrogens (primary N) is 1. The SMILES string of the molecule is NC(=O)CSc1ccccc1NC(=O)CCC(=O)c1ccc2c(c1)CCC2. The number of fused-ring (bicyclic) bond motifs is 1. The van der Waals surface area contributed by atoms with Gasteiger partial charge in [0.1, 0.15) is 0 Å². The van der Waals surface area contributed by atoms with Crippen molar-refractivity contribution in [2.75, 3.05) is 11.1 Å². The first kappa shape index (κ1) is 19.2. The number of para-hydroxylation sites is 1. The van der Waals surface area contributed by atoms with Crippen molar-refractivity contribution in [2.45, 2.75) is 37.0 Å². The zero-order valence-corrected chi connectivity index (χ0v) is 15.8. The van der Waals surface area contributed by atoms with Gasteiger partial charge in [-0.1, -0.05) is 24.3 Å². The Labute approximate surface area is 162 Å². The molecule has 1 aliphatic carbocycles. The van der Waals surface area contributed by atoms with Gasteiger partial charge in [0, 0.05) is 23.3 Å². The molecule has 0 saturated carbocycles. The minimum Gasteiger partial charge on any atom is -0.369 e. The van der Waals surface area contributed by atoms with Crippen LogP contribution in [-0.4, -0.2) is 23.4 Å². The van der Waals surface area contributed by atoms with Crippen LogP contribution in [0.3, 0.4) is 0 Å². The third-order valence-electron chi connectivity index (χ3n) is 4.53. The number of thioether (sulfide) groups is 1. The molecule has 0 aliphatic heterocycles. The molecule has 0 bridgehead atoms. The van der Waals surface area contributed by atoms with E-state index in [1.165, 1.54) is 22.9 Å². The maximum Gasteiger partial charge on any atom is 0.227 e. The maximum atomic E-state index is 12.4. The fraction of sp³-hybridized carbons (Fsp3) is 0.286. The van der Waals surface area contributed by atoms with Crippen molar-refractivity contribution in [1.29, 1.82) is 0 Å². The zero-order valence-electron chi connectivity index (χ0n) is 15.0. The van der Waals surface area contributed by atoms with Crippen LogP contribution in [0.4, 0.5) is 5.69 Å². The van der Waals surface area contributed by atoms with Gasteiger partial charge in [-0.05, 0) is 48.6 Å². The van der Waals surface area contributed by atoms with Crippen molar-refractivity contribution in [3.8, 4) is 0 Å². The van der Waals surface area contributed by atoms with E-state index >= 15 is 0 Å². The first-order chi connectivity index (χ1) is 13.0. The summed E-state index contributed by atoms with van der Waals surface area (Å²) in [6.07, 6.45) is 3.53. The minimum absolute atomic E-state index is 0.0174. The zero-order chi connectivity index (χ0) is 19.2. The number of hydrogen-bond donors (Lipinski definition) is 2. The molecular weight excluding hydrogens is 360 g/mol. The van der Waals surface area contributed by atoms with Gasteiger partial charge in [-0.2, -0.15) is 0 Å². The Balaban J connectivity index is 1.55. The average Bonchev–Trinajstić information content (AvgIpc) is 3.13. The monoisotopic (exact) mass is 382 g/mol. The number of Topliss-reactive ketones (excluding diaryl/α,β-unsaturated/α-hetero) is 1. The van der Waals surface area contributed by atoms with Crippen LogP contribution >= 0.6 is 11.8 Å². The van der Waals surface area contributed by atoms with Gasteiger partial charge in [0.15, 0.2) is 5.78 Å². The molecule has 2 amide bonds. The average molecular weight is 382 g/mol. The molecule has 0 atom stereocenters. The largest absolute Gasteiger partial charge is 0.369 e. The number of ketones is 1. The Morgan fingerprint density at radius 1 is 1.00 bits per heavy atom. The number of hydrogen-bond acceptors (Lipinski definition) is 4. The normalized spacial score (nSPS) is 12.4. The fourth-order valence-corrected chi connectivity index (χ4v) is 3.92. The molecule has 0 heterocycles. The van der Waals surface area contributed by atoms with E-state index in [9.17, 15) is 14.4 Å². The molecule has 1 aliphatic rings. The molecule has 140 valence electrons. The summed E-state index contributed by atoms with van der Waals surface area (Å²) < 4.78 is 0. The number of amides is 2. The van der Waals surface area contributed by atoms with Gasteiger partial charge in [-0.15, -0.1) is 11.8 Å². The third-order valence-corrected chi connectivity index (χ3v) is 5.63. The molecule has 2 aromatic rings. The second kappa shape index (κ2) is 8.86. The molecular formula is C21H22N2O3S. The second-order valence-corrected chi connectivity index (χ2v) is 7.58. The van der Waals surface area contributed by atoms with Crippen molar-refractivity contribution in [2.24, 2.45) is 5.73 Å². The summed E-state index contributed by atoms with van der Waals surface area (Å²) >= 11 is 1.27. The summed E-state index contributed by atoms with van der Waals surface area (Å²) in [6.45, 7) is 0. The standard InChI is InChI=1S/C21H22N2O3S/c22-20(25)13-27-19-7-2-1-6-17(19)23-21(26)11-10-18(24)16-9-8-14-4-3-5-15(14)12-16/h1-2,6-9,12H,3-5,10-11,13H2,(H2,22,25)(H,23,26). The Morgan fingerprint density at radius 2 is 1.78 bits per heavy atom. The molecule has 0 unspecified atom stereocenters. The molecule has 5 nitrogen and oxygen atoms in total. The van der Waals surface area contributed by atoms with Crippen LogP contribution in [0, 0.1) is 0 Å². The van der Waals surface area contributed by atoms with Crippen LogP contribution in [0.15, 0.2) is 47.4 Å². The molecule has 3 rings (SSSR count). The van der Waals surface area contributed by atoms with Crippen LogP contribution < -0.4 is 11.1 Å². The molecule has 0 saturated heterocycles. The Bertz CT molecular complexity index is 879. The van der Waals surface area contributed by atoms with E-state index in [0.29, 0.717) is 11.3 Å². The van der Waals surface area contributed by atoms with Crippen molar-refractivity contribution >= 4 is 35.0 Å².